The van der Waals surface area contributed by atoms with Gasteiger partial charge in [0.05, 0.1) is 18.1 Å². The van der Waals surface area contributed by atoms with Crippen molar-refractivity contribution in [2.75, 3.05) is 24.7 Å². The maximum Gasteiger partial charge on any atom is 0.150 e. The summed E-state index contributed by atoms with van der Waals surface area (Å²) in [5.74, 6) is 1.82. The van der Waals surface area contributed by atoms with Gasteiger partial charge in [0.25, 0.3) is 0 Å². The van der Waals surface area contributed by atoms with Gasteiger partial charge in [-0.15, -0.1) is 0 Å². The highest BCUT2D eigenvalue weighted by molar-refractivity contribution is 7.91. The first-order valence-electron chi connectivity index (χ1n) is 5.65. The second-order valence-corrected chi connectivity index (χ2v) is 7.08. The number of aliphatic hydroxyl groups excluding tert-OH is 1. The summed E-state index contributed by atoms with van der Waals surface area (Å²) in [6.07, 6.45) is 2.63. The zero-order valence-electron chi connectivity index (χ0n) is 8.85. The van der Waals surface area contributed by atoms with Crippen LogP contribution in [0.2, 0.25) is 0 Å². The number of rotatable bonds is 2. The van der Waals surface area contributed by atoms with Gasteiger partial charge in [0.1, 0.15) is 9.84 Å². The minimum absolute atomic E-state index is 0.196. The topological polar surface area (TPSA) is 66.4 Å². The molecule has 5 heteroatoms. The fourth-order valence-electron chi connectivity index (χ4n) is 2.73. The van der Waals surface area contributed by atoms with Crippen LogP contribution >= 0.6 is 0 Å². The van der Waals surface area contributed by atoms with Gasteiger partial charge in [-0.25, -0.2) is 8.42 Å². The SMILES string of the molecule is O=S1(=O)CCC(C2CNC(CO)C2)CC1. The Bertz CT molecular complexity index is 301. The Morgan fingerprint density at radius 2 is 1.87 bits per heavy atom. The van der Waals surface area contributed by atoms with E-state index in [9.17, 15) is 8.42 Å². The van der Waals surface area contributed by atoms with Gasteiger partial charge in [0.2, 0.25) is 0 Å². The predicted molar refractivity (Wildman–Crippen MR) is 58.4 cm³/mol. The van der Waals surface area contributed by atoms with Crippen LogP contribution in [-0.2, 0) is 9.84 Å². The van der Waals surface area contributed by atoms with Crippen molar-refractivity contribution in [3.05, 3.63) is 0 Å². The molecular weight excluding hydrogens is 214 g/mol. The van der Waals surface area contributed by atoms with Crippen LogP contribution in [0.3, 0.4) is 0 Å². The van der Waals surface area contributed by atoms with Gasteiger partial charge in [-0.2, -0.15) is 0 Å². The molecule has 2 aliphatic heterocycles. The maximum atomic E-state index is 11.3. The van der Waals surface area contributed by atoms with Crippen LogP contribution in [0, 0.1) is 11.8 Å². The Morgan fingerprint density at radius 1 is 1.20 bits per heavy atom. The Labute approximate surface area is 91.0 Å². The van der Waals surface area contributed by atoms with Gasteiger partial charge in [-0.05, 0) is 37.6 Å². The van der Waals surface area contributed by atoms with Gasteiger partial charge < -0.3 is 10.4 Å². The van der Waals surface area contributed by atoms with E-state index in [2.05, 4.69) is 5.32 Å². The largest absolute Gasteiger partial charge is 0.395 e. The second kappa shape index (κ2) is 4.39. The summed E-state index contributed by atoms with van der Waals surface area (Å²) in [5.41, 5.74) is 0. The number of hydrogen-bond donors (Lipinski definition) is 2. The Hall–Kier alpha value is -0.130. The Kier molecular flexibility index (Phi) is 3.33. The summed E-state index contributed by atoms with van der Waals surface area (Å²) in [6, 6.07) is 0.230. The number of aliphatic hydroxyl groups is 1. The van der Waals surface area contributed by atoms with E-state index >= 15 is 0 Å². The summed E-state index contributed by atoms with van der Waals surface area (Å²) in [4.78, 5) is 0. The smallest absolute Gasteiger partial charge is 0.150 e. The van der Waals surface area contributed by atoms with Gasteiger partial charge in [-0.1, -0.05) is 0 Å². The molecule has 0 amide bonds. The molecule has 2 N–H and O–H groups in total. The summed E-state index contributed by atoms with van der Waals surface area (Å²) >= 11 is 0. The zero-order chi connectivity index (χ0) is 10.9. The lowest BCUT2D eigenvalue weighted by molar-refractivity contribution is 0.245. The van der Waals surface area contributed by atoms with Crippen molar-refractivity contribution in [3.63, 3.8) is 0 Å². The lowest BCUT2D eigenvalue weighted by Crippen LogP contribution is -2.29. The second-order valence-electron chi connectivity index (χ2n) is 4.77. The molecule has 0 bridgehead atoms. The van der Waals surface area contributed by atoms with Crippen LogP contribution in [0.4, 0.5) is 0 Å². The number of hydrogen-bond acceptors (Lipinski definition) is 4. The molecule has 15 heavy (non-hydrogen) atoms. The summed E-state index contributed by atoms with van der Waals surface area (Å²) in [5, 5.41) is 12.3. The monoisotopic (exact) mass is 233 g/mol. The molecule has 2 rings (SSSR count). The van der Waals surface area contributed by atoms with E-state index in [0.29, 0.717) is 23.3 Å². The van der Waals surface area contributed by atoms with E-state index in [-0.39, 0.29) is 12.6 Å². The fourth-order valence-corrected chi connectivity index (χ4v) is 4.26. The van der Waals surface area contributed by atoms with Gasteiger partial charge >= 0.3 is 0 Å². The highest BCUT2D eigenvalue weighted by Gasteiger charge is 2.33. The van der Waals surface area contributed by atoms with Gasteiger partial charge in [0.15, 0.2) is 0 Å². The highest BCUT2D eigenvalue weighted by atomic mass is 32.2. The van der Waals surface area contributed by atoms with Crippen molar-refractivity contribution in [1.29, 1.82) is 0 Å². The lowest BCUT2D eigenvalue weighted by atomic mass is 9.86. The van der Waals surface area contributed by atoms with Crippen molar-refractivity contribution >= 4 is 9.84 Å². The number of sulfone groups is 1. The molecule has 2 aliphatic rings. The third kappa shape index (κ3) is 2.71. The molecule has 0 aromatic heterocycles. The molecule has 0 aromatic rings. The maximum absolute atomic E-state index is 11.3. The van der Waals surface area contributed by atoms with Crippen LogP contribution in [0.25, 0.3) is 0 Å². The normalized spacial score (nSPS) is 36.9. The average Bonchev–Trinajstić information content (AvgIpc) is 2.66. The molecule has 2 saturated heterocycles. The molecular formula is C10H19NO3S. The van der Waals surface area contributed by atoms with E-state index in [0.717, 1.165) is 25.8 Å². The molecule has 0 saturated carbocycles. The van der Waals surface area contributed by atoms with E-state index < -0.39 is 9.84 Å². The quantitative estimate of drug-likeness (QED) is 0.692. The van der Waals surface area contributed by atoms with Crippen molar-refractivity contribution in [2.24, 2.45) is 11.8 Å². The van der Waals surface area contributed by atoms with Crippen molar-refractivity contribution in [1.82, 2.24) is 5.32 Å². The molecule has 0 radical (unpaired) electrons. The van der Waals surface area contributed by atoms with Crippen molar-refractivity contribution < 1.29 is 13.5 Å². The van der Waals surface area contributed by atoms with Crippen LogP contribution in [0.15, 0.2) is 0 Å². The first kappa shape index (κ1) is 11.4. The fraction of sp³-hybridized carbons (Fsp3) is 1.00. The van der Waals surface area contributed by atoms with Crippen molar-refractivity contribution in [2.45, 2.75) is 25.3 Å². The Morgan fingerprint density at radius 3 is 2.40 bits per heavy atom. The van der Waals surface area contributed by atoms with Crippen LogP contribution in [-0.4, -0.2) is 44.2 Å². The summed E-state index contributed by atoms with van der Waals surface area (Å²) < 4.78 is 22.6. The molecule has 0 aliphatic carbocycles. The van der Waals surface area contributed by atoms with Crippen LogP contribution < -0.4 is 5.32 Å². The van der Waals surface area contributed by atoms with Crippen molar-refractivity contribution in [3.8, 4) is 0 Å². The molecule has 2 fully saturated rings. The minimum Gasteiger partial charge on any atom is -0.395 e. The Balaban J connectivity index is 1.86. The molecule has 88 valence electrons. The van der Waals surface area contributed by atoms with E-state index in [4.69, 9.17) is 5.11 Å². The first-order valence-corrected chi connectivity index (χ1v) is 7.47. The van der Waals surface area contributed by atoms with Gasteiger partial charge in [-0.3, -0.25) is 0 Å². The first-order chi connectivity index (χ1) is 7.11. The summed E-state index contributed by atoms with van der Waals surface area (Å²) in [7, 11) is -2.73. The predicted octanol–water partition coefficient (Wildman–Crippen LogP) is -0.218. The molecule has 0 aromatic carbocycles. The molecule has 2 heterocycles. The highest BCUT2D eigenvalue weighted by Crippen LogP contribution is 2.31. The lowest BCUT2D eigenvalue weighted by Gasteiger charge is -2.26. The van der Waals surface area contributed by atoms with Gasteiger partial charge in [0, 0.05) is 6.04 Å². The summed E-state index contributed by atoms with van der Waals surface area (Å²) in [6.45, 7) is 1.14. The molecule has 2 unspecified atom stereocenters. The number of nitrogens with one attached hydrogen (secondary N) is 1. The third-order valence-corrected chi connectivity index (χ3v) is 5.46. The average molecular weight is 233 g/mol. The molecule has 0 spiro atoms. The zero-order valence-corrected chi connectivity index (χ0v) is 9.67. The van der Waals surface area contributed by atoms with Crippen LogP contribution in [0.1, 0.15) is 19.3 Å². The molecule has 4 nitrogen and oxygen atoms in total. The van der Waals surface area contributed by atoms with Crippen LogP contribution in [0.5, 0.6) is 0 Å². The minimum atomic E-state index is -2.73. The standard InChI is InChI=1S/C10H19NO3S/c12-7-10-5-9(6-11-10)8-1-3-15(13,14)4-2-8/h8-12H,1-7H2. The van der Waals surface area contributed by atoms with E-state index in [1.807, 2.05) is 0 Å². The molecule has 2 atom stereocenters. The van der Waals surface area contributed by atoms with E-state index in [1.54, 1.807) is 0 Å². The third-order valence-electron chi connectivity index (χ3n) is 3.74. The van der Waals surface area contributed by atoms with E-state index in [1.165, 1.54) is 0 Å².